The zero-order valence-corrected chi connectivity index (χ0v) is 15.5. The van der Waals surface area contributed by atoms with Crippen LogP contribution in [0.25, 0.3) is 0 Å². The van der Waals surface area contributed by atoms with E-state index in [2.05, 4.69) is 26.1 Å². The fourth-order valence-electron chi connectivity index (χ4n) is 4.39. The number of aliphatic carboxylic acids is 1. The third-order valence-electron chi connectivity index (χ3n) is 5.54. The standard InChI is InChI=1S/C18H33N3O3/c1-5-20(12-16(22)23)15-9-14(10-15)19-17(24)21-8-6-7-18(21,4)11-13(2)3/h13-15H,5-12H2,1-4H3,(H,19,24)(H,22,23). The van der Waals surface area contributed by atoms with Gasteiger partial charge in [-0.25, -0.2) is 4.79 Å². The summed E-state index contributed by atoms with van der Waals surface area (Å²) in [5.74, 6) is -0.212. The summed E-state index contributed by atoms with van der Waals surface area (Å²) in [6.45, 7) is 10.3. The monoisotopic (exact) mass is 339 g/mol. The Hall–Kier alpha value is -1.30. The van der Waals surface area contributed by atoms with Crippen LogP contribution in [0.2, 0.25) is 0 Å². The van der Waals surface area contributed by atoms with E-state index in [9.17, 15) is 9.59 Å². The molecule has 1 saturated carbocycles. The maximum atomic E-state index is 12.7. The quantitative estimate of drug-likeness (QED) is 0.747. The predicted molar refractivity (Wildman–Crippen MR) is 94.0 cm³/mol. The van der Waals surface area contributed by atoms with Gasteiger partial charge in [0.15, 0.2) is 0 Å². The van der Waals surface area contributed by atoms with Crippen LogP contribution in [0.4, 0.5) is 4.79 Å². The summed E-state index contributed by atoms with van der Waals surface area (Å²) in [6, 6.07) is 0.506. The van der Waals surface area contributed by atoms with Crippen molar-refractivity contribution in [2.45, 2.75) is 77.4 Å². The molecule has 1 aliphatic heterocycles. The Morgan fingerprint density at radius 1 is 1.38 bits per heavy atom. The number of hydrogen-bond donors (Lipinski definition) is 2. The molecule has 6 nitrogen and oxygen atoms in total. The Morgan fingerprint density at radius 2 is 2.04 bits per heavy atom. The number of carboxylic acid groups (broad SMARTS) is 1. The van der Waals surface area contributed by atoms with E-state index >= 15 is 0 Å². The average molecular weight is 339 g/mol. The number of nitrogens with zero attached hydrogens (tertiary/aromatic N) is 2. The van der Waals surface area contributed by atoms with Crippen molar-refractivity contribution in [1.29, 1.82) is 0 Å². The number of urea groups is 1. The van der Waals surface area contributed by atoms with Crippen LogP contribution in [0.1, 0.15) is 59.8 Å². The second-order valence-electron chi connectivity index (χ2n) is 8.08. The summed E-state index contributed by atoms with van der Waals surface area (Å²) < 4.78 is 0. The van der Waals surface area contributed by atoms with Gasteiger partial charge in [0.1, 0.15) is 0 Å². The Morgan fingerprint density at radius 3 is 2.58 bits per heavy atom. The molecule has 24 heavy (non-hydrogen) atoms. The molecule has 0 bridgehead atoms. The highest BCUT2D eigenvalue weighted by Crippen LogP contribution is 2.35. The van der Waals surface area contributed by atoms with Crippen LogP contribution < -0.4 is 5.32 Å². The molecule has 1 heterocycles. The minimum atomic E-state index is -0.786. The van der Waals surface area contributed by atoms with Gasteiger partial charge in [0.2, 0.25) is 0 Å². The normalized spacial score (nSPS) is 29.8. The largest absolute Gasteiger partial charge is 0.480 e. The van der Waals surface area contributed by atoms with E-state index < -0.39 is 5.97 Å². The minimum absolute atomic E-state index is 0.0276. The first-order valence-electron chi connectivity index (χ1n) is 9.29. The lowest BCUT2D eigenvalue weighted by molar-refractivity contribution is -0.139. The molecule has 138 valence electrons. The summed E-state index contributed by atoms with van der Waals surface area (Å²) in [6.07, 6.45) is 4.89. The zero-order chi connectivity index (χ0) is 17.9. The van der Waals surface area contributed by atoms with Crippen LogP contribution in [0.3, 0.4) is 0 Å². The van der Waals surface area contributed by atoms with Gasteiger partial charge in [-0.1, -0.05) is 20.8 Å². The SMILES string of the molecule is CCN(CC(=O)O)C1CC(NC(=O)N2CCCC2(C)CC(C)C)C1. The first-order chi connectivity index (χ1) is 11.2. The molecule has 1 atom stereocenters. The molecule has 1 unspecified atom stereocenters. The van der Waals surface area contributed by atoms with E-state index in [0.29, 0.717) is 5.92 Å². The average Bonchev–Trinajstić information content (AvgIpc) is 2.80. The molecule has 1 aliphatic carbocycles. The van der Waals surface area contributed by atoms with Crippen molar-refractivity contribution in [3.8, 4) is 0 Å². The van der Waals surface area contributed by atoms with Gasteiger partial charge in [0, 0.05) is 24.2 Å². The van der Waals surface area contributed by atoms with Crippen molar-refractivity contribution in [3.05, 3.63) is 0 Å². The van der Waals surface area contributed by atoms with Crippen molar-refractivity contribution < 1.29 is 14.7 Å². The van der Waals surface area contributed by atoms with Gasteiger partial charge in [-0.2, -0.15) is 0 Å². The number of hydrogen-bond acceptors (Lipinski definition) is 3. The van der Waals surface area contributed by atoms with E-state index in [1.54, 1.807) is 0 Å². The second kappa shape index (κ2) is 7.72. The maximum absolute atomic E-state index is 12.7. The maximum Gasteiger partial charge on any atom is 0.318 e. The van der Waals surface area contributed by atoms with Gasteiger partial charge in [0.25, 0.3) is 0 Å². The number of carboxylic acids is 1. The van der Waals surface area contributed by atoms with Gasteiger partial charge in [-0.05, 0) is 51.5 Å². The van der Waals surface area contributed by atoms with Gasteiger partial charge in [-0.3, -0.25) is 9.69 Å². The minimum Gasteiger partial charge on any atom is -0.480 e. The van der Waals surface area contributed by atoms with Crippen LogP contribution in [-0.2, 0) is 4.79 Å². The zero-order valence-electron chi connectivity index (χ0n) is 15.5. The lowest BCUT2D eigenvalue weighted by Gasteiger charge is -2.44. The van der Waals surface area contributed by atoms with Gasteiger partial charge in [-0.15, -0.1) is 0 Å². The molecule has 2 N–H and O–H groups in total. The highest BCUT2D eigenvalue weighted by atomic mass is 16.4. The Balaban J connectivity index is 1.83. The molecule has 0 aromatic heterocycles. The number of likely N-dealkylation sites (tertiary alicyclic amines) is 1. The summed E-state index contributed by atoms with van der Waals surface area (Å²) in [7, 11) is 0. The Bertz CT molecular complexity index is 462. The third kappa shape index (κ3) is 4.41. The number of rotatable bonds is 7. The summed E-state index contributed by atoms with van der Waals surface area (Å²) in [4.78, 5) is 27.6. The number of carbonyl (C=O) groups excluding carboxylic acids is 1. The van der Waals surface area contributed by atoms with Crippen molar-refractivity contribution in [3.63, 3.8) is 0 Å². The second-order valence-corrected chi connectivity index (χ2v) is 8.08. The molecule has 1 saturated heterocycles. The van der Waals surface area contributed by atoms with Gasteiger partial charge < -0.3 is 15.3 Å². The smallest absolute Gasteiger partial charge is 0.318 e. The molecule has 2 amide bonds. The number of amides is 2. The van der Waals surface area contributed by atoms with E-state index in [0.717, 1.165) is 45.2 Å². The number of nitrogens with one attached hydrogen (secondary N) is 1. The summed E-state index contributed by atoms with van der Waals surface area (Å²) >= 11 is 0. The fraction of sp³-hybridized carbons (Fsp3) is 0.889. The molecule has 0 spiro atoms. The molecule has 2 aliphatic rings. The van der Waals surface area contributed by atoms with Gasteiger partial charge in [0.05, 0.1) is 6.54 Å². The van der Waals surface area contributed by atoms with Crippen LogP contribution >= 0.6 is 0 Å². The lowest BCUT2D eigenvalue weighted by atomic mass is 9.85. The summed E-state index contributed by atoms with van der Waals surface area (Å²) in [5, 5.41) is 12.1. The molecule has 2 rings (SSSR count). The fourth-order valence-corrected chi connectivity index (χ4v) is 4.39. The Kier molecular flexibility index (Phi) is 6.12. The molecule has 0 aromatic carbocycles. The molecule has 0 aromatic rings. The molecule has 6 heteroatoms. The lowest BCUT2D eigenvalue weighted by Crippen LogP contribution is -2.58. The molecular formula is C18H33N3O3. The van der Waals surface area contributed by atoms with E-state index in [1.165, 1.54) is 0 Å². The highest BCUT2D eigenvalue weighted by molar-refractivity contribution is 5.76. The van der Waals surface area contributed by atoms with E-state index in [4.69, 9.17) is 5.11 Å². The number of carbonyl (C=O) groups is 2. The van der Waals surface area contributed by atoms with Crippen LogP contribution in [-0.4, -0.2) is 64.2 Å². The first kappa shape index (κ1) is 19.0. The van der Waals surface area contributed by atoms with Crippen LogP contribution in [0.15, 0.2) is 0 Å². The Labute approximate surface area is 145 Å². The first-order valence-corrected chi connectivity index (χ1v) is 9.29. The van der Waals surface area contributed by atoms with Crippen molar-refractivity contribution >= 4 is 12.0 Å². The van der Waals surface area contributed by atoms with E-state index in [1.807, 2.05) is 16.7 Å². The van der Waals surface area contributed by atoms with Crippen molar-refractivity contribution in [2.24, 2.45) is 5.92 Å². The van der Waals surface area contributed by atoms with Crippen molar-refractivity contribution in [1.82, 2.24) is 15.1 Å². The van der Waals surface area contributed by atoms with Crippen molar-refractivity contribution in [2.75, 3.05) is 19.6 Å². The highest BCUT2D eigenvalue weighted by Gasteiger charge is 2.42. The van der Waals surface area contributed by atoms with E-state index in [-0.39, 0.29) is 30.2 Å². The molecule has 2 fully saturated rings. The molecule has 0 radical (unpaired) electrons. The number of likely N-dealkylation sites (N-methyl/N-ethyl adjacent to an activating group) is 1. The van der Waals surface area contributed by atoms with Crippen LogP contribution in [0.5, 0.6) is 0 Å². The summed E-state index contributed by atoms with van der Waals surface area (Å²) in [5.41, 5.74) is -0.0276. The van der Waals surface area contributed by atoms with Gasteiger partial charge >= 0.3 is 12.0 Å². The van der Waals surface area contributed by atoms with Crippen LogP contribution in [0, 0.1) is 5.92 Å². The molecular weight excluding hydrogens is 306 g/mol. The topological polar surface area (TPSA) is 72.9 Å². The predicted octanol–water partition coefficient (Wildman–Crippen LogP) is 2.53. The third-order valence-corrected chi connectivity index (χ3v) is 5.54.